The van der Waals surface area contributed by atoms with Crippen molar-refractivity contribution in [1.29, 1.82) is 0 Å². The van der Waals surface area contributed by atoms with Crippen molar-refractivity contribution in [2.24, 2.45) is 0 Å². The highest BCUT2D eigenvalue weighted by atomic mass is 16.5. The van der Waals surface area contributed by atoms with Crippen molar-refractivity contribution >= 4 is 16.6 Å². The van der Waals surface area contributed by atoms with Gasteiger partial charge in [0.25, 0.3) is 5.56 Å². The van der Waals surface area contributed by atoms with Gasteiger partial charge in [0, 0.05) is 32.7 Å². The Labute approximate surface area is 155 Å². The molecule has 0 atom stereocenters. The number of aromatic nitrogens is 4. The molecule has 0 aliphatic heterocycles. The van der Waals surface area contributed by atoms with Gasteiger partial charge < -0.3 is 14.4 Å². The van der Waals surface area contributed by atoms with E-state index in [9.17, 15) is 4.79 Å². The summed E-state index contributed by atoms with van der Waals surface area (Å²) in [6.07, 6.45) is 3.87. The number of fused-ring (bicyclic) bond motifs is 3. The molecule has 3 heterocycles. The minimum Gasteiger partial charge on any atom is -0.396 e. The number of aliphatic hydroxyl groups is 1. The number of aryl methyl sites for hydroxylation is 1. The summed E-state index contributed by atoms with van der Waals surface area (Å²) in [5.74, 6) is 0. The van der Waals surface area contributed by atoms with Gasteiger partial charge in [-0.2, -0.15) is 5.10 Å². The average molecular weight is 364 g/mol. The first-order valence-electron chi connectivity index (χ1n) is 8.79. The van der Waals surface area contributed by atoms with Crippen LogP contribution in [0, 0.1) is 0 Å². The Kier molecular flexibility index (Phi) is 4.70. The zero-order valence-electron chi connectivity index (χ0n) is 15.0. The molecule has 0 saturated heterocycles. The maximum atomic E-state index is 12.7. The molecular weight excluding hydrogens is 344 g/mol. The summed E-state index contributed by atoms with van der Waals surface area (Å²) in [6, 6.07) is 11.8. The topological polar surface area (TPSA) is 81.7 Å². The summed E-state index contributed by atoms with van der Waals surface area (Å²) >= 11 is 0. The lowest BCUT2D eigenvalue weighted by molar-refractivity contribution is 0.181. The molecule has 3 aromatic heterocycles. The second-order valence-electron chi connectivity index (χ2n) is 6.30. The number of pyridine rings is 1. The van der Waals surface area contributed by atoms with E-state index in [1.54, 1.807) is 28.6 Å². The van der Waals surface area contributed by atoms with Gasteiger partial charge in [0.05, 0.1) is 28.8 Å². The zero-order valence-corrected chi connectivity index (χ0v) is 15.0. The van der Waals surface area contributed by atoms with Gasteiger partial charge in [-0.1, -0.05) is 30.3 Å². The summed E-state index contributed by atoms with van der Waals surface area (Å²) < 4.78 is 8.62. The normalized spacial score (nSPS) is 11.5. The molecule has 0 saturated carbocycles. The quantitative estimate of drug-likeness (QED) is 0.567. The van der Waals surface area contributed by atoms with E-state index >= 15 is 0 Å². The van der Waals surface area contributed by atoms with E-state index in [-0.39, 0.29) is 12.2 Å². The molecule has 7 nitrogen and oxygen atoms in total. The fourth-order valence-electron chi connectivity index (χ4n) is 3.31. The Morgan fingerprint density at radius 2 is 2.00 bits per heavy atom. The average Bonchev–Trinajstić information content (AvgIpc) is 3.07. The molecular formula is C20H20N4O3. The molecule has 0 bridgehead atoms. The molecule has 7 heteroatoms. The Morgan fingerprint density at radius 3 is 2.74 bits per heavy atom. The van der Waals surface area contributed by atoms with E-state index in [1.807, 2.05) is 36.4 Å². The summed E-state index contributed by atoms with van der Waals surface area (Å²) in [5, 5.41) is 14.2. The first-order chi connectivity index (χ1) is 13.2. The van der Waals surface area contributed by atoms with Gasteiger partial charge in [-0.3, -0.25) is 4.79 Å². The summed E-state index contributed by atoms with van der Waals surface area (Å²) in [4.78, 5) is 17.3. The second kappa shape index (κ2) is 7.30. The van der Waals surface area contributed by atoms with Gasteiger partial charge in [0.1, 0.15) is 0 Å². The molecule has 0 spiro atoms. The third-order valence-corrected chi connectivity index (χ3v) is 4.56. The van der Waals surface area contributed by atoms with Gasteiger partial charge in [-0.05, 0) is 18.1 Å². The molecule has 1 N–H and O–H groups in total. The number of ether oxygens (including phenoxy) is 1. The van der Waals surface area contributed by atoms with Crippen molar-refractivity contribution in [2.75, 3.05) is 13.7 Å². The van der Waals surface area contributed by atoms with Crippen molar-refractivity contribution in [2.45, 2.75) is 19.6 Å². The van der Waals surface area contributed by atoms with Crippen molar-refractivity contribution in [1.82, 2.24) is 19.2 Å². The van der Waals surface area contributed by atoms with Crippen LogP contribution >= 0.6 is 0 Å². The van der Waals surface area contributed by atoms with Gasteiger partial charge in [0.15, 0.2) is 5.65 Å². The Bertz CT molecular complexity index is 1150. The SMILES string of the molecule is COCc1nn2c(ncc3c(=O)n(CCCO)ccc32)c1-c1ccccc1. The van der Waals surface area contributed by atoms with Crippen LogP contribution in [0.3, 0.4) is 0 Å². The van der Waals surface area contributed by atoms with Crippen LogP contribution in [0.25, 0.3) is 27.7 Å². The number of nitrogens with zero attached hydrogens (tertiary/aromatic N) is 4. The van der Waals surface area contributed by atoms with E-state index in [0.29, 0.717) is 36.1 Å². The fraction of sp³-hybridized carbons (Fsp3) is 0.250. The summed E-state index contributed by atoms with van der Waals surface area (Å²) in [7, 11) is 1.63. The maximum Gasteiger partial charge on any atom is 0.261 e. The van der Waals surface area contributed by atoms with Crippen LogP contribution in [0.2, 0.25) is 0 Å². The summed E-state index contributed by atoms with van der Waals surface area (Å²) in [6.45, 7) is 0.858. The van der Waals surface area contributed by atoms with Crippen LogP contribution < -0.4 is 5.56 Å². The maximum absolute atomic E-state index is 12.7. The van der Waals surface area contributed by atoms with Crippen molar-refractivity contribution in [3.63, 3.8) is 0 Å². The fourth-order valence-corrected chi connectivity index (χ4v) is 3.31. The predicted molar refractivity (Wildman–Crippen MR) is 103 cm³/mol. The molecule has 0 radical (unpaired) electrons. The molecule has 138 valence electrons. The zero-order chi connectivity index (χ0) is 18.8. The Hall–Kier alpha value is -3.03. The van der Waals surface area contributed by atoms with E-state index in [0.717, 1.165) is 16.8 Å². The number of methoxy groups -OCH3 is 1. The van der Waals surface area contributed by atoms with Crippen molar-refractivity contribution in [3.05, 3.63) is 64.8 Å². The van der Waals surface area contributed by atoms with Crippen LogP contribution in [0.5, 0.6) is 0 Å². The minimum absolute atomic E-state index is 0.0434. The second-order valence-corrected chi connectivity index (χ2v) is 6.30. The monoisotopic (exact) mass is 364 g/mol. The smallest absolute Gasteiger partial charge is 0.261 e. The minimum atomic E-state index is -0.139. The standard InChI is InChI=1S/C20H20N4O3/c1-27-13-16-18(14-6-3-2-4-7-14)19-21-12-15-17(24(19)22-16)8-10-23(20(15)26)9-5-11-25/h2-4,6-8,10,12,25H,5,9,11,13H2,1H3. The van der Waals surface area contributed by atoms with Crippen molar-refractivity contribution < 1.29 is 9.84 Å². The highest BCUT2D eigenvalue weighted by molar-refractivity contribution is 5.86. The van der Waals surface area contributed by atoms with Crippen LogP contribution in [0.1, 0.15) is 12.1 Å². The van der Waals surface area contributed by atoms with Crippen molar-refractivity contribution in [3.8, 4) is 11.1 Å². The van der Waals surface area contributed by atoms with E-state index < -0.39 is 0 Å². The molecule has 0 amide bonds. The van der Waals surface area contributed by atoms with Crippen LogP contribution in [0.15, 0.2) is 53.6 Å². The first kappa shape index (κ1) is 17.4. The van der Waals surface area contributed by atoms with Gasteiger partial charge >= 0.3 is 0 Å². The first-order valence-corrected chi connectivity index (χ1v) is 8.79. The molecule has 0 aliphatic rings. The van der Waals surface area contributed by atoms with Gasteiger partial charge in [-0.25, -0.2) is 9.50 Å². The predicted octanol–water partition coefficient (Wildman–Crippen LogP) is 2.24. The highest BCUT2D eigenvalue weighted by Gasteiger charge is 2.18. The molecule has 1 aromatic carbocycles. The van der Waals surface area contributed by atoms with Crippen LogP contribution in [-0.4, -0.2) is 38.0 Å². The number of aliphatic hydroxyl groups excluding tert-OH is 1. The largest absolute Gasteiger partial charge is 0.396 e. The third kappa shape index (κ3) is 3.01. The number of hydrogen-bond acceptors (Lipinski definition) is 5. The molecule has 0 unspecified atom stereocenters. The van der Waals surface area contributed by atoms with E-state index in [4.69, 9.17) is 9.84 Å². The lowest BCUT2D eigenvalue weighted by atomic mass is 10.1. The van der Waals surface area contributed by atoms with Gasteiger partial charge in [-0.15, -0.1) is 0 Å². The molecule has 0 aliphatic carbocycles. The number of hydrogen-bond donors (Lipinski definition) is 1. The lowest BCUT2D eigenvalue weighted by Crippen LogP contribution is -2.21. The number of rotatable bonds is 6. The Balaban J connectivity index is 1.98. The van der Waals surface area contributed by atoms with Crippen LogP contribution in [-0.2, 0) is 17.9 Å². The lowest BCUT2D eigenvalue weighted by Gasteiger charge is -2.07. The van der Waals surface area contributed by atoms with E-state index in [1.165, 1.54) is 0 Å². The van der Waals surface area contributed by atoms with E-state index in [2.05, 4.69) is 10.1 Å². The van der Waals surface area contributed by atoms with Gasteiger partial charge in [0.2, 0.25) is 0 Å². The highest BCUT2D eigenvalue weighted by Crippen LogP contribution is 2.29. The third-order valence-electron chi connectivity index (χ3n) is 4.56. The molecule has 0 fully saturated rings. The number of benzene rings is 1. The summed E-state index contributed by atoms with van der Waals surface area (Å²) in [5.41, 5.74) is 3.93. The molecule has 4 rings (SSSR count). The molecule has 27 heavy (non-hydrogen) atoms. The van der Waals surface area contributed by atoms with Crippen LogP contribution in [0.4, 0.5) is 0 Å². The Morgan fingerprint density at radius 1 is 1.19 bits per heavy atom. The molecule has 4 aromatic rings.